The van der Waals surface area contributed by atoms with Gasteiger partial charge in [-0.2, -0.15) is 0 Å². The number of hydrogen-bond donors (Lipinski definition) is 0. The van der Waals surface area contributed by atoms with Crippen LogP contribution in [0.25, 0.3) is 168 Å². The summed E-state index contributed by atoms with van der Waals surface area (Å²) in [6.45, 7) is 0. The van der Waals surface area contributed by atoms with Gasteiger partial charge in [0.2, 0.25) is 0 Å². The molecule has 0 radical (unpaired) electrons. The van der Waals surface area contributed by atoms with E-state index >= 15 is 0 Å². The van der Waals surface area contributed by atoms with Crippen LogP contribution in [0.1, 0.15) is 0 Å². The van der Waals surface area contributed by atoms with Gasteiger partial charge in [-0.3, -0.25) is 0 Å². The Kier molecular flexibility index (Phi) is 13.4. The number of aromatic nitrogens is 8. The zero-order valence-corrected chi connectivity index (χ0v) is 49.8. The first-order valence-corrected chi connectivity index (χ1v) is 30.9. The Morgan fingerprint density at radius 3 is 0.783 bits per heavy atom. The maximum absolute atomic E-state index is 5.27. The summed E-state index contributed by atoms with van der Waals surface area (Å²) in [5.74, 6) is 3.55. The van der Waals surface area contributed by atoms with Crippen molar-refractivity contribution in [2.75, 3.05) is 0 Å². The van der Waals surface area contributed by atoms with Crippen LogP contribution >= 0.6 is 0 Å². The molecule has 17 aromatic rings. The molecule has 430 valence electrons. The first-order valence-electron chi connectivity index (χ1n) is 30.9. The minimum absolute atomic E-state index is 0.572. The molecule has 0 saturated heterocycles. The van der Waals surface area contributed by atoms with Gasteiger partial charge in [-0.25, -0.2) is 29.9 Å². The number of rotatable bonds is 12. The van der Waals surface area contributed by atoms with Crippen molar-refractivity contribution in [2.45, 2.75) is 0 Å². The van der Waals surface area contributed by atoms with Gasteiger partial charge in [0.1, 0.15) is 0 Å². The van der Waals surface area contributed by atoms with Crippen LogP contribution in [0.15, 0.2) is 328 Å². The molecule has 13 aromatic carbocycles. The Balaban J connectivity index is 0.897. The molecule has 4 aromatic heterocycles. The van der Waals surface area contributed by atoms with Crippen LogP contribution in [-0.2, 0) is 0 Å². The van der Waals surface area contributed by atoms with Gasteiger partial charge in [-0.05, 0) is 88.0 Å². The fourth-order valence-electron chi connectivity index (χ4n) is 13.0. The number of nitrogens with zero attached hydrogens (tertiary/aromatic N) is 8. The molecule has 0 spiro atoms. The Labute approximate surface area is 531 Å². The fraction of sp³-hybridized carbons (Fsp3) is 0. The third-order valence-corrected chi connectivity index (χ3v) is 17.4. The van der Waals surface area contributed by atoms with E-state index in [0.29, 0.717) is 34.9 Å². The molecule has 0 amide bonds. The highest BCUT2D eigenvalue weighted by Crippen LogP contribution is 2.44. The highest BCUT2D eigenvalue weighted by molar-refractivity contribution is 6.12. The molecule has 0 aliphatic carbocycles. The molecule has 8 nitrogen and oxygen atoms in total. The highest BCUT2D eigenvalue weighted by atomic mass is 15.1. The topological polar surface area (TPSA) is 87.2 Å². The normalized spacial score (nSPS) is 11.5. The molecule has 0 aliphatic heterocycles. The summed E-state index contributed by atoms with van der Waals surface area (Å²) >= 11 is 0. The second-order valence-corrected chi connectivity index (χ2v) is 23.0. The van der Waals surface area contributed by atoms with Crippen molar-refractivity contribution in [1.82, 2.24) is 39.0 Å². The molecule has 0 saturated carbocycles. The quantitative estimate of drug-likeness (QED) is 0.121. The first kappa shape index (κ1) is 53.7. The van der Waals surface area contributed by atoms with E-state index in [1.54, 1.807) is 0 Å². The number of benzene rings is 13. The summed E-state index contributed by atoms with van der Waals surface area (Å²) in [5, 5.41) is 4.61. The Hall–Kier alpha value is -12.5. The van der Waals surface area contributed by atoms with Crippen LogP contribution in [0.2, 0.25) is 0 Å². The second-order valence-electron chi connectivity index (χ2n) is 23.0. The van der Waals surface area contributed by atoms with E-state index in [-0.39, 0.29) is 0 Å². The molecule has 0 aliphatic rings. The smallest absolute Gasteiger partial charge is 0.164 e. The summed E-state index contributed by atoms with van der Waals surface area (Å²) in [6, 6.07) is 115. The van der Waals surface area contributed by atoms with Gasteiger partial charge in [0.25, 0.3) is 0 Å². The highest BCUT2D eigenvalue weighted by Gasteiger charge is 2.23. The van der Waals surface area contributed by atoms with E-state index in [9.17, 15) is 0 Å². The lowest BCUT2D eigenvalue weighted by Crippen LogP contribution is -2.03. The number of fused-ring (bicyclic) bond motifs is 6. The van der Waals surface area contributed by atoms with Gasteiger partial charge in [0, 0.05) is 66.1 Å². The van der Waals surface area contributed by atoms with E-state index in [1.165, 1.54) is 0 Å². The summed E-state index contributed by atoms with van der Waals surface area (Å²) < 4.78 is 4.85. The van der Waals surface area contributed by atoms with Crippen LogP contribution in [-0.4, -0.2) is 39.0 Å². The van der Waals surface area contributed by atoms with Gasteiger partial charge >= 0.3 is 0 Å². The summed E-state index contributed by atoms with van der Waals surface area (Å²) in [6.07, 6.45) is 0. The lowest BCUT2D eigenvalue weighted by molar-refractivity contribution is 1.07. The first-order chi connectivity index (χ1) is 45.6. The van der Waals surface area contributed by atoms with Crippen molar-refractivity contribution >= 4 is 43.6 Å². The molecular formula is C84H54N8. The largest absolute Gasteiger partial charge is 0.309 e. The summed E-state index contributed by atoms with van der Waals surface area (Å²) in [5.41, 5.74) is 20.4. The molecule has 0 unspecified atom stereocenters. The number of hydrogen-bond acceptors (Lipinski definition) is 6. The Morgan fingerprint density at radius 1 is 0.163 bits per heavy atom. The van der Waals surface area contributed by atoms with Crippen LogP contribution < -0.4 is 0 Å². The fourth-order valence-corrected chi connectivity index (χ4v) is 13.0. The van der Waals surface area contributed by atoms with Crippen molar-refractivity contribution < 1.29 is 0 Å². The van der Waals surface area contributed by atoms with Crippen LogP contribution in [0.3, 0.4) is 0 Å². The predicted octanol–water partition coefficient (Wildman–Crippen LogP) is 20.9. The van der Waals surface area contributed by atoms with Gasteiger partial charge in [0.15, 0.2) is 34.9 Å². The van der Waals surface area contributed by atoms with Crippen LogP contribution in [0.4, 0.5) is 0 Å². The molecule has 8 heteroatoms. The predicted molar refractivity (Wildman–Crippen MR) is 376 cm³/mol. The van der Waals surface area contributed by atoms with Crippen molar-refractivity contribution in [3.05, 3.63) is 328 Å². The molecule has 0 fully saturated rings. The van der Waals surface area contributed by atoms with Gasteiger partial charge < -0.3 is 9.13 Å². The van der Waals surface area contributed by atoms with E-state index in [4.69, 9.17) is 29.9 Å². The van der Waals surface area contributed by atoms with Crippen molar-refractivity contribution in [3.63, 3.8) is 0 Å². The van der Waals surface area contributed by atoms with Crippen LogP contribution in [0.5, 0.6) is 0 Å². The van der Waals surface area contributed by atoms with E-state index in [2.05, 4.69) is 264 Å². The minimum atomic E-state index is 0.572. The van der Waals surface area contributed by atoms with Gasteiger partial charge in [0.05, 0.1) is 33.4 Å². The average Bonchev–Trinajstić information content (AvgIpc) is 1.58. The molecule has 92 heavy (non-hydrogen) atoms. The zero-order chi connectivity index (χ0) is 60.9. The molecule has 0 atom stereocenters. The molecule has 4 heterocycles. The third kappa shape index (κ3) is 9.76. The van der Waals surface area contributed by atoms with E-state index in [0.717, 1.165) is 133 Å². The second kappa shape index (κ2) is 22.9. The Morgan fingerprint density at radius 2 is 0.435 bits per heavy atom. The lowest BCUT2D eigenvalue weighted by atomic mass is 9.95. The third-order valence-electron chi connectivity index (χ3n) is 17.4. The van der Waals surface area contributed by atoms with Gasteiger partial charge in [-0.15, -0.1) is 0 Å². The van der Waals surface area contributed by atoms with Crippen LogP contribution in [0, 0.1) is 0 Å². The lowest BCUT2D eigenvalue weighted by Gasteiger charge is -2.19. The molecule has 17 rings (SSSR count). The van der Waals surface area contributed by atoms with Crippen molar-refractivity contribution in [2.24, 2.45) is 0 Å². The average molecular weight is 1180 g/mol. The van der Waals surface area contributed by atoms with Crippen molar-refractivity contribution in [1.29, 1.82) is 0 Å². The van der Waals surface area contributed by atoms with E-state index < -0.39 is 0 Å². The number of para-hydroxylation sites is 2. The SMILES string of the molecule is c1ccc(-c2ccc3c(c2)c2ccccc2n3-c2cc(-c3nc(-c4ccccc4)nc(-c4ccccc4)n3)ccc2-c2cccc(-c3ccc(-c4nc(-c5ccccc5)nc(-c5ccccc5)n4)cc3-n3c4ccccc4c4cc(-c5ccccc5)ccc43)c2)cc1. The summed E-state index contributed by atoms with van der Waals surface area (Å²) in [7, 11) is 0. The monoisotopic (exact) mass is 1170 g/mol. The molecule has 0 bridgehead atoms. The van der Waals surface area contributed by atoms with Gasteiger partial charge in [-0.1, -0.05) is 273 Å². The van der Waals surface area contributed by atoms with E-state index in [1.807, 2.05) is 72.8 Å². The minimum Gasteiger partial charge on any atom is -0.309 e. The van der Waals surface area contributed by atoms with Crippen molar-refractivity contribution in [3.8, 4) is 124 Å². The molecule has 0 N–H and O–H groups in total. The molecular weight excluding hydrogens is 1120 g/mol. The maximum atomic E-state index is 5.27. The summed E-state index contributed by atoms with van der Waals surface area (Å²) in [4.78, 5) is 31.2. The Bertz CT molecular complexity index is 5150. The zero-order valence-electron chi connectivity index (χ0n) is 49.8. The maximum Gasteiger partial charge on any atom is 0.164 e. The standard InChI is InChI=1S/C84H54N8/c1-7-24-55(25-8-1)61-44-48-75-71(51-61)69-38-19-21-40-73(69)91(75)77-53-65(83-87-79(57-28-11-3-12-29-57)85-80(88-83)58-30-13-4-14-31-58)42-46-67(77)63-36-23-37-64(50-63)68-47-43-66(84-89-81(59-32-15-5-16-33-59)86-82(90-84)60-34-17-6-18-35-60)54-78(68)92-74-41-22-20-39-70(74)72-52-62(45-49-76(72)92)56-26-9-2-10-27-56/h1-54H.